The molecule has 0 heterocycles. The lowest BCUT2D eigenvalue weighted by molar-refractivity contribution is -0.151. The smallest absolute Gasteiger partial charge is 0.321 e. The minimum Gasteiger partial charge on any atom is -0.370 e. The van der Waals surface area contributed by atoms with Gasteiger partial charge in [0.1, 0.15) is 11.6 Å². The highest BCUT2D eigenvalue weighted by atomic mass is 32.1. The molecule has 0 aliphatic rings. The Bertz CT molecular complexity index is 254. The third kappa shape index (κ3) is 3.84. The Morgan fingerprint density at radius 2 is 2.00 bits per heavy atom. The van der Waals surface area contributed by atoms with Crippen LogP contribution in [-0.4, -0.2) is 22.7 Å². The molecule has 1 atom stereocenters. The van der Waals surface area contributed by atoms with Crippen LogP contribution in [0.5, 0.6) is 0 Å². The van der Waals surface area contributed by atoms with E-state index >= 15 is 0 Å². The average molecular weight is 220 g/mol. The van der Waals surface area contributed by atoms with Gasteiger partial charge in [0.2, 0.25) is 5.12 Å². The van der Waals surface area contributed by atoms with E-state index in [4.69, 9.17) is 0 Å². The second-order valence-corrected chi connectivity index (χ2v) is 3.67. The lowest BCUT2D eigenvalue weighted by Gasteiger charge is -2.24. The van der Waals surface area contributed by atoms with Gasteiger partial charge < -0.3 is 4.84 Å². The van der Waals surface area contributed by atoms with Gasteiger partial charge in [0.05, 0.1) is 0 Å². The Labute approximate surface area is 86.7 Å². The minimum absolute atomic E-state index is 0.619. The molecule has 7 heteroatoms. The lowest BCUT2D eigenvalue weighted by atomic mass is 9.98. The number of nitrogens with one attached hydrogen (secondary N) is 1. The number of carbonyl (C=O) groups excluding carboxylic acids is 2. The number of thiol groups is 1. The second kappa shape index (κ2) is 5.06. The largest absolute Gasteiger partial charge is 0.370 e. The van der Waals surface area contributed by atoms with Gasteiger partial charge in [-0.05, 0) is 13.8 Å². The average Bonchev–Trinajstić information content (AvgIpc) is 2.03. The predicted molar refractivity (Wildman–Crippen MR) is 52.6 cm³/mol. The van der Waals surface area contributed by atoms with E-state index in [0.29, 0.717) is 0 Å². The van der Waals surface area contributed by atoms with E-state index in [-0.39, 0.29) is 0 Å². The van der Waals surface area contributed by atoms with Crippen LogP contribution in [0.1, 0.15) is 20.8 Å². The van der Waals surface area contributed by atoms with Crippen molar-refractivity contribution in [1.29, 1.82) is 0 Å². The molecule has 0 aromatic rings. The number of carbonyl (C=O) groups is 2. The molecule has 14 heavy (non-hydrogen) atoms. The Hall–Kier alpha value is -0.950. The van der Waals surface area contributed by atoms with Gasteiger partial charge in [0, 0.05) is 6.92 Å². The third-order valence-electron chi connectivity index (χ3n) is 1.51. The van der Waals surface area contributed by atoms with E-state index in [1.165, 1.54) is 13.8 Å². The maximum absolute atomic E-state index is 11.0. The van der Waals surface area contributed by atoms with Crippen molar-refractivity contribution in [3.8, 4) is 0 Å². The van der Waals surface area contributed by atoms with Gasteiger partial charge in [-0.2, -0.15) is 4.91 Å². The molecule has 0 saturated carbocycles. The molecule has 0 aliphatic carbocycles. The monoisotopic (exact) mass is 220 g/mol. The maximum Gasteiger partial charge on any atom is 0.321 e. The molecule has 0 rings (SSSR count). The van der Waals surface area contributed by atoms with Crippen LogP contribution in [-0.2, 0) is 14.4 Å². The number of hydrogen-bond acceptors (Lipinski definition) is 6. The molecule has 0 bridgehead atoms. The van der Waals surface area contributed by atoms with Crippen LogP contribution < -0.4 is 5.48 Å². The summed E-state index contributed by atoms with van der Waals surface area (Å²) >= 11 is 3.55. The first-order valence-corrected chi connectivity index (χ1v) is 4.26. The van der Waals surface area contributed by atoms with Crippen LogP contribution >= 0.6 is 12.6 Å². The van der Waals surface area contributed by atoms with Crippen LogP contribution in [0.25, 0.3) is 0 Å². The normalized spacial score (nSPS) is 13.1. The molecule has 6 nitrogen and oxygen atoms in total. The van der Waals surface area contributed by atoms with Gasteiger partial charge in [-0.15, -0.1) is 18.1 Å². The summed E-state index contributed by atoms with van der Waals surface area (Å²) in [4.78, 5) is 36.2. The minimum atomic E-state index is -1.23. The summed E-state index contributed by atoms with van der Waals surface area (Å²) in [6.45, 7) is 4.01. The molecule has 0 saturated heterocycles. The number of nitroso groups, excluding NO2 is 1. The number of nitrogens with zero attached hydrogens (tertiary/aromatic N) is 1. The topological polar surface area (TPSA) is 84.8 Å². The zero-order valence-electron chi connectivity index (χ0n) is 8.10. The zero-order chi connectivity index (χ0) is 11.4. The summed E-state index contributed by atoms with van der Waals surface area (Å²) in [6, 6.07) is -1.06. The van der Waals surface area contributed by atoms with E-state index in [9.17, 15) is 14.5 Å². The summed E-state index contributed by atoms with van der Waals surface area (Å²) in [6.07, 6.45) is 0. The third-order valence-corrected chi connectivity index (χ3v) is 1.77. The van der Waals surface area contributed by atoms with E-state index in [2.05, 4.69) is 28.1 Å². The van der Waals surface area contributed by atoms with Crippen molar-refractivity contribution in [2.45, 2.75) is 32.4 Å². The summed E-state index contributed by atoms with van der Waals surface area (Å²) in [5, 5.41) is 2.12. The number of rotatable bonds is 5. The maximum atomic E-state index is 11.0. The molecular formula is C7H12N2O4S. The van der Waals surface area contributed by atoms with Crippen molar-refractivity contribution in [2.24, 2.45) is 5.18 Å². The molecule has 0 radical (unpaired) electrons. The fourth-order valence-corrected chi connectivity index (χ4v) is 1.06. The van der Waals surface area contributed by atoms with Crippen molar-refractivity contribution in [3.63, 3.8) is 0 Å². The molecule has 0 amide bonds. The Morgan fingerprint density at radius 3 is 2.29 bits per heavy atom. The van der Waals surface area contributed by atoms with E-state index in [1.807, 2.05) is 0 Å². The predicted octanol–water partition coefficient (Wildman–Crippen LogP) is 0.424. The zero-order valence-corrected chi connectivity index (χ0v) is 9.00. The Kier molecular flexibility index (Phi) is 4.72. The summed E-state index contributed by atoms with van der Waals surface area (Å²) in [5.41, 5.74) is 0.913. The highest BCUT2D eigenvalue weighted by Crippen LogP contribution is 2.16. The second-order valence-electron chi connectivity index (χ2n) is 3.23. The lowest BCUT2D eigenvalue weighted by Crippen LogP contribution is -2.49. The molecular weight excluding hydrogens is 208 g/mol. The molecule has 0 aromatic heterocycles. The van der Waals surface area contributed by atoms with Crippen LogP contribution in [0.4, 0.5) is 0 Å². The molecule has 0 unspecified atom stereocenters. The SMILES string of the molecule is CC(=O)ON[C@H](C(=O)S)C(C)(C)N=O. The molecule has 1 N–H and O–H groups in total. The van der Waals surface area contributed by atoms with Gasteiger partial charge in [0.15, 0.2) is 0 Å². The highest BCUT2D eigenvalue weighted by molar-refractivity contribution is 7.96. The van der Waals surface area contributed by atoms with Crippen molar-refractivity contribution >= 4 is 23.7 Å². The van der Waals surface area contributed by atoms with Crippen LogP contribution in [0.2, 0.25) is 0 Å². The molecule has 0 aliphatic heterocycles. The van der Waals surface area contributed by atoms with Crippen LogP contribution in [0.15, 0.2) is 5.18 Å². The highest BCUT2D eigenvalue weighted by Gasteiger charge is 2.36. The van der Waals surface area contributed by atoms with Crippen LogP contribution in [0, 0.1) is 4.91 Å². The van der Waals surface area contributed by atoms with Crippen molar-refractivity contribution in [1.82, 2.24) is 5.48 Å². The van der Waals surface area contributed by atoms with Gasteiger partial charge >= 0.3 is 5.97 Å². The number of hydrogen-bond donors (Lipinski definition) is 2. The fraction of sp³-hybridized carbons (Fsp3) is 0.714. The van der Waals surface area contributed by atoms with Crippen molar-refractivity contribution in [3.05, 3.63) is 4.91 Å². The van der Waals surface area contributed by atoms with E-state index < -0.39 is 22.7 Å². The first kappa shape index (κ1) is 13.1. The summed E-state index contributed by atoms with van der Waals surface area (Å²) in [5.74, 6) is -0.619. The molecule has 80 valence electrons. The summed E-state index contributed by atoms with van der Waals surface area (Å²) in [7, 11) is 0. The summed E-state index contributed by atoms with van der Waals surface area (Å²) < 4.78 is 0. The van der Waals surface area contributed by atoms with Crippen molar-refractivity contribution < 1.29 is 14.4 Å². The molecule has 0 spiro atoms. The van der Waals surface area contributed by atoms with Gasteiger partial charge in [-0.1, -0.05) is 5.18 Å². The van der Waals surface area contributed by atoms with E-state index in [0.717, 1.165) is 6.92 Å². The van der Waals surface area contributed by atoms with Gasteiger partial charge in [-0.3, -0.25) is 9.59 Å². The standard InChI is InChI=1S/C7H12N2O4S/c1-4(10)13-8-5(6(11)14)7(2,3)9-12/h5,8H,1-3H3,(H,11,14)/t5-/m1/s1. The quantitative estimate of drug-likeness (QED) is 0.398. The van der Waals surface area contributed by atoms with E-state index in [1.54, 1.807) is 0 Å². The first-order valence-electron chi connectivity index (χ1n) is 3.81. The van der Waals surface area contributed by atoms with Crippen molar-refractivity contribution in [2.75, 3.05) is 0 Å². The fourth-order valence-electron chi connectivity index (χ4n) is 0.691. The van der Waals surface area contributed by atoms with Gasteiger partial charge in [0.25, 0.3) is 0 Å². The molecule has 0 fully saturated rings. The number of hydroxylamine groups is 1. The first-order chi connectivity index (χ1) is 6.31. The van der Waals surface area contributed by atoms with Crippen LogP contribution in [0.3, 0.4) is 0 Å². The Balaban J connectivity index is 4.53. The Morgan fingerprint density at radius 1 is 1.50 bits per heavy atom. The molecule has 0 aromatic carbocycles. The van der Waals surface area contributed by atoms with Gasteiger partial charge in [-0.25, -0.2) is 0 Å².